The summed E-state index contributed by atoms with van der Waals surface area (Å²) in [6.07, 6.45) is 3.41. The number of aliphatic hydroxyl groups is 1. The van der Waals surface area contributed by atoms with Crippen molar-refractivity contribution in [2.45, 2.75) is 58.1 Å². The van der Waals surface area contributed by atoms with Crippen LogP contribution in [0.4, 0.5) is 0 Å². The minimum Gasteiger partial charge on any atom is -0.480 e. The lowest BCUT2D eigenvalue weighted by molar-refractivity contribution is -0.152. The minimum absolute atomic E-state index is 0.0775. The molecule has 2 N–H and O–H groups in total. The van der Waals surface area contributed by atoms with E-state index in [-0.39, 0.29) is 30.2 Å². The van der Waals surface area contributed by atoms with Crippen molar-refractivity contribution in [2.24, 2.45) is 11.3 Å². The number of carboxylic acid groups (broad SMARTS) is 1. The standard InChI is InChI=1S/C14H23NO4/c1-14(2)6-4-3-5-10(14)12(17)15-8-9(16)7-11(15)13(18)19/h9-11,16H,3-8H2,1-2H3,(H,18,19). The second-order valence-corrected chi connectivity index (χ2v) is 6.52. The number of carboxylic acids is 1. The summed E-state index contributed by atoms with van der Waals surface area (Å²) >= 11 is 0. The van der Waals surface area contributed by atoms with E-state index in [0.29, 0.717) is 0 Å². The normalized spacial score (nSPS) is 34.3. The molecule has 3 atom stereocenters. The van der Waals surface area contributed by atoms with Gasteiger partial charge in [0.05, 0.1) is 6.10 Å². The highest BCUT2D eigenvalue weighted by Crippen LogP contribution is 2.42. The van der Waals surface area contributed by atoms with Crippen molar-refractivity contribution >= 4 is 11.9 Å². The van der Waals surface area contributed by atoms with E-state index in [9.17, 15) is 19.8 Å². The lowest BCUT2D eigenvalue weighted by Crippen LogP contribution is -2.48. The fraction of sp³-hybridized carbons (Fsp3) is 0.857. The molecule has 1 heterocycles. The van der Waals surface area contributed by atoms with E-state index in [1.165, 1.54) is 4.90 Å². The largest absolute Gasteiger partial charge is 0.480 e. The maximum absolute atomic E-state index is 12.6. The van der Waals surface area contributed by atoms with Crippen LogP contribution in [0.1, 0.15) is 46.0 Å². The molecule has 1 aliphatic carbocycles. The van der Waals surface area contributed by atoms with Crippen molar-refractivity contribution in [1.82, 2.24) is 4.90 Å². The number of aliphatic carboxylic acids is 1. The lowest BCUT2D eigenvalue weighted by Gasteiger charge is -2.40. The Morgan fingerprint density at radius 2 is 1.95 bits per heavy atom. The fourth-order valence-electron chi connectivity index (χ4n) is 3.44. The van der Waals surface area contributed by atoms with Gasteiger partial charge >= 0.3 is 5.97 Å². The lowest BCUT2D eigenvalue weighted by atomic mass is 9.68. The Morgan fingerprint density at radius 3 is 2.53 bits per heavy atom. The van der Waals surface area contributed by atoms with Crippen molar-refractivity contribution in [3.8, 4) is 0 Å². The quantitative estimate of drug-likeness (QED) is 0.791. The third-order valence-corrected chi connectivity index (χ3v) is 4.65. The number of likely N-dealkylation sites (tertiary alicyclic amines) is 1. The molecule has 5 nitrogen and oxygen atoms in total. The summed E-state index contributed by atoms with van der Waals surface area (Å²) in [6, 6.07) is -0.861. The van der Waals surface area contributed by atoms with Crippen LogP contribution >= 0.6 is 0 Å². The number of aliphatic hydroxyl groups excluding tert-OH is 1. The first-order chi connectivity index (χ1) is 8.83. The summed E-state index contributed by atoms with van der Waals surface area (Å²) in [5, 5.41) is 18.8. The second-order valence-electron chi connectivity index (χ2n) is 6.52. The molecule has 1 amide bonds. The molecule has 0 aromatic rings. The van der Waals surface area contributed by atoms with Crippen molar-refractivity contribution in [3.05, 3.63) is 0 Å². The van der Waals surface area contributed by atoms with Crippen LogP contribution in [0, 0.1) is 11.3 Å². The smallest absolute Gasteiger partial charge is 0.326 e. The molecule has 2 aliphatic rings. The Kier molecular flexibility index (Phi) is 3.85. The molecule has 0 radical (unpaired) electrons. The zero-order valence-electron chi connectivity index (χ0n) is 11.6. The first-order valence-electron chi connectivity index (χ1n) is 7.04. The molecule has 3 unspecified atom stereocenters. The summed E-state index contributed by atoms with van der Waals surface area (Å²) in [6.45, 7) is 4.32. The van der Waals surface area contributed by atoms with Gasteiger partial charge in [0.1, 0.15) is 6.04 Å². The third-order valence-electron chi connectivity index (χ3n) is 4.65. The van der Waals surface area contributed by atoms with Crippen molar-refractivity contribution in [2.75, 3.05) is 6.54 Å². The predicted octanol–water partition coefficient (Wildman–Crippen LogP) is 1.25. The average Bonchev–Trinajstić information content (AvgIpc) is 2.70. The number of β-amino-alcohol motifs (C(OH)–C–C–N with tert-alkyl or cyclic N) is 1. The molecule has 0 aromatic carbocycles. The van der Waals surface area contributed by atoms with E-state index in [1.54, 1.807) is 0 Å². The molecule has 2 fully saturated rings. The number of hydrogen-bond acceptors (Lipinski definition) is 3. The first-order valence-corrected chi connectivity index (χ1v) is 7.04. The van der Waals surface area contributed by atoms with Gasteiger partial charge in [0.2, 0.25) is 5.91 Å². The van der Waals surface area contributed by atoms with Crippen LogP contribution in [0.5, 0.6) is 0 Å². The van der Waals surface area contributed by atoms with Gasteiger partial charge in [-0.15, -0.1) is 0 Å². The molecular weight excluding hydrogens is 246 g/mol. The monoisotopic (exact) mass is 269 g/mol. The Hall–Kier alpha value is -1.10. The summed E-state index contributed by atoms with van der Waals surface area (Å²) in [5.41, 5.74) is -0.0775. The van der Waals surface area contributed by atoms with Crippen molar-refractivity contribution in [3.63, 3.8) is 0 Å². The minimum atomic E-state index is -1.02. The number of carbonyl (C=O) groups is 2. The zero-order chi connectivity index (χ0) is 14.2. The van der Waals surface area contributed by atoms with E-state index in [0.717, 1.165) is 25.7 Å². The number of rotatable bonds is 2. The molecule has 1 saturated carbocycles. The Morgan fingerprint density at radius 1 is 1.26 bits per heavy atom. The maximum Gasteiger partial charge on any atom is 0.326 e. The van der Waals surface area contributed by atoms with E-state index in [4.69, 9.17) is 0 Å². The molecule has 108 valence electrons. The highest BCUT2D eigenvalue weighted by Gasteiger charge is 2.45. The number of hydrogen-bond donors (Lipinski definition) is 2. The summed E-state index contributed by atoms with van der Waals surface area (Å²) in [5.74, 6) is -1.22. The van der Waals surface area contributed by atoms with Gasteiger partial charge in [-0.25, -0.2) is 4.79 Å². The van der Waals surface area contributed by atoms with Crippen molar-refractivity contribution < 1.29 is 19.8 Å². The van der Waals surface area contributed by atoms with Crippen LogP contribution in [0.25, 0.3) is 0 Å². The topological polar surface area (TPSA) is 77.8 Å². The van der Waals surface area contributed by atoms with Gasteiger partial charge in [0.15, 0.2) is 0 Å². The molecule has 0 bridgehead atoms. The Labute approximate surface area is 113 Å². The van der Waals surface area contributed by atoms with Crippen LogP contribution in [0.15, 0.2) is 0 Å². The molecular formula is C14H23NO4. The van der Waals surface area contributed by atoms with Crippen LogP contribution in [0.3, 0.4) is 0 Å². The molecule has 19 heavy (non-hydrogen) atoms. The number of amides is 1. The van der Waals surface area contributed by atoms with Gasteiger partial charge in [-0.05, 0) is 18.3 Å². The van der Waals surface area contributed by atoms with Gasteiger partial charge in [-0.3, -0.25) is 4.79 Å². The zero-order valence-corrected chi connectivity index (χ0v) is 11.6. The van der Waals surface area contributed by atoms with Gasteiger partial charge < -0.3 is 15.1 Å². The molecule has 0 aromatic heterocycles. The van der Waals surface area contributed by atoms with Crippen LogP contribution < -0.4 is 0 Å². The van der Waals surface area contributed by atoms with Gasteiger partial charge in [0, 0.05) is 18.9 Å². The van der Waals surface area contributed by atoms with Crippen molar-refractivity contribution in [1.29, 1.82) is 0 Å². The third kappa shape index (κ3) is 2.76. The molecule has 5 heteroatoms. The maximum atomic E-state index is 12.6. The predicted molar refractivity (Wildman–Crippen MR) is 69.5 cm³/mol. The highest BCUT2D eigenvalue weighted by atomic mass is 16.4. The molecule has 1 aliphatic heterocycles. The Bertz CT molecular complexity index is 380. The Balaban J connectivity index is 2.16. The van der Waals surface area contributed by atoms with E-state index in [1.807, 2.05) is 0 Å². The van der Waals surface area contributed by atoms with Crippen LogP contribution in [-0.4, -0.2) is 45.7 Å². The SMILES string of the molecule is CC1(C)CCCCC1C(=O)N1CC(O)CC1C(=O)O. The fourth-order valence-corrected chi connectivity index (χ4v) is 3.44. The van der Waals surface area contributed by atoms with Crippen LogP contribution in [0.2, 0.25) is 0 Å². The summed E-state index contributed by atoms with van der Waals surface area (Å²) in [4.78, 5) is 25.2. The average molecular weight is 269 g/mol. The van der Waals surface area contributed by atoms with E-state index >= 15 is 0 Å². The van der Waals surface area contributed by atoms with E-state index in [2.05, 4.69) is 13.8 Å². The highest BCUT2D eigenvalue weighted by molar-refractivity contribution is 5.86. The molecule has 2 rings (SSSR count). The number of carbonyl (C=O) groups excluding carboxylic acids is 1. The van der Waals surface area contributed by atoms with Gasteiger partial charge in [-0.1, -0.05) is 26.7 Å². The van der Waals surface area contributed by atoms with Crippen LogP contribution in [-0.2, 0) is 9.59 Å². The van der Waals surface area contributed by atoms with E-state index < -0.39 is 18.1 Å². The van der Waals surface area contributed by atoms with Gasteiger partial charge in [0.25, 0.3) is 0 Å². The first kappa shape index (κ1) is 14.3. The molecule has 0 spiro atoms. The summed E-state index contributed by atoms with van der Waals surface area (Å²) < 4.78 is 0. The molecule has 1 saturated heterocycles. The van der Waals surface area contributed by atoms with Gasteiger partial charge in [-0.2, -0.15) is 0 Å². The summed E-state index contributed by atoms with van der Waals surface area (Å²) in [7, 11) is 0. The second kappa shape index (κ2) is 5.12. The number of nitrogens with zero attached hydrogens (tertiary/aromatic N) is 1.